The predicted octanol–water partition coefficient (Wildman–Crippen LogP) is 3.11. The number of hydrogen-bond acceptors (Lipinski definition) is 7. The van der Waals surface area contributed by atoms with Gasteiger partial charge in [-0.05, 0) is 44.6 Å². The molecule has 1 aromatic rings. The molecule has 1 fully saturated rings. The number of amides is 4. The number of barbiturate groups is 1. The van der Waals surface area contributed by atoms with Crippen molar-refractivity contribution in [2.75, 3.05) is 33.0 Å². The number of hydrogen-bond donors (Lipinski definition) is 2. The van der Waals surface area contributed by atoms with Crippen molar-refractivity contribution in [1.29, 1.82) is 0 Å². The smallest absolute Gasteiger partial charge is 0.334 e. The van der Waals surface area contributed by atoms with E-state index in [9.17, 15) is 24.6 Å². The summed E-state index contributed by atoms with van der Waals surface area (Å²) in [5, 5.41) is 20.6. The number of benzene rings is 1. The number of imide groups is 2. The third-order valence-corrected chi connectivity index (χ3v) is 6.30. The van der Waals surface area contributed by atoms with Crippen LogP contribution < -0.4 is 0 Å². The first-order valence-electron chi connectivity index (χ1n) is 12.9. The van der Waals surface area contributed by atoms with E-state index in [0.29, 0.717) is 12.0 Å². The molecule has 3 atom stereocenters. The van der Waals surface area contributed by atoms with E-state index in [1.165, 1.54) is 0 Å². The summed E-state index contributed by atoms with van der Waals surface area (Å²) in [5.74, 6) is -1.21. The SMILES string of the molecule is CCC1(c2ccccc2)C(=O)N(CC(O)COCCOCC(O)CC(C)(C)C)C(=O)N(C(C)(C)C)C1=O. The topological polar surface area (TPSA) is 117 Å². The summed E-state index contributed by atoms with van der Waals surface area (Å²) in [6.45, 7) is 13.2. The first kappa shape index (κ1) is 30.9. The van der Waals surface area contributed by atoms with Crippen LogP contribution in [0.5, 0.6) is 0 Å². The molecule has 1 aromatic carbocycles. The van der Waals surface area contributed by atoms with E-state index in [1.54, 1.807) is 58.0 Å². The lowest BCUT2D eigenvalue weighted by Gasteiger charge is -2.48. The summed E-state index contributed by atoms with van der Waals surface area (Å²) in [6, 6.07) is 7.98. The molecule has 1 aliphatic heterocycles. The van der Waals surface area contributed by atoms with Crippen LogP contribution in [0.25, 0.3) is 0 Å². The van der Waals surface area contributed by atoms with E-state index >= 15 is 0 Å². The van der Waals surface area contributed by atoms with Crippen molar-refractivity contribution >= 4 is 17.8 Å². The van der Waals surface area contributed by atoms with Gasteiger partial charge in [0, 0.05) is 5.54 Å². The lowest BCUT2D eigenvalue weighted by Crippen LogP contribution is -2.71. The van der Waals surface area contributed by atoms with Gasteiger partial charge in [0.05, 0.1) is 45.2 Å². The number of carbonyl (C=O) groups excluding carboxylic acids is 3. The third kappa shape index (κ3) is 7.60. The summed E-state index contributed by atoms with van der Waals surface area (Å²) >= 11 is 0. The molecular weight excluding hydrogens is 476 g/mol. The van der Waals surface area contributed by atoms with Gasteiger partial charge in [0.1, 0.15) is 0 Å². The summed E-state index contributed by atoms with van der Waals surface area (Å²) in [5.41, 5.74) is -1.94. The number of urea groups is 1. The third-order valence-electron chi connectivity index (χ3n) is 6.30. The van der Waals surface area contributed by atoms with Gasteiger partial charge in [0.2, 0.25) is 0 Å². The molecule has 2 N–H and O–H groups in total. The van der Waals surface area contributed by atoms with E-state index in [2.05, 4.69) is 0 Å². The Balaban J connectivity index is 2.07. The van der Waals surface area contributed by atoms with Gasteiger partial charge in [-0.2, -0.15) is 0 Å². The van der Waals surface area contributed by atoms with Gasteiger partial charge in [0.25, 0.3) is 11.8 Å². The van der Waals surface area contributed by atoms with E-state index in [1.807, 2.05) is 20.8 Å². The van der Waals surface area contributed by atoms with Crippen LogP contribution in [-0.4, -0.2) is 88.6 Å². The van der Waals surface area contributed by atoms with Crippen LogP contribution >= 0.6 is 0 Å². The largest absolute Gasteiger partial charge is 0.391 e. The number of carbonyl (C=O) groups is 3. The number of rotatable bonds is 12. The zero-order valence-corrected chi connectivity index (χ0v) is 23.3. The molecule has 0 saturated carbocycles. The Morgan fingerprint density at radius 2 is 1.41 bits per heavy atom. The van der Waals surface area contributed by atoms with Gasteiger partial charge in [-0.3, -0.25) is 19.4 Å². The van der Waals surface area contributed by atoms with Crippen LogP contribution in [0.2, 0.25) is 0 Å². The Labute approximate surface area is 220 Å². The second-order valence-electron chi connectivity index (χ2n) is 11.9. The van der Waals surface area contributed by atoms with E-state index in [4.69, 9.17) is 9.47 Å². The maximum atomic E-state index is 13.7. The molecule has 0 spiro atoms. The predicted molar refractivity (Wildman–Crippen MR) is 140 cm³/mol. The fourth-order valence-electron chi connectivity index (χ4n) is 4.62. The first-order valence-corrected chi connectivity index (χ1v) is 12.9. The number of ether oxygens (including phenoxy) is 2. The molecule has 0 aliphatic carbocycles. The average molecular weight is 521 g/mol. The fraction of sp³-hybridized carbons (Fsp3) is 0.679. The number of aliphatic hydroxyl groups excluding tert-OH is 2. The second kappa shape index (κ2) is 12.5. The van der Waals surface area contributed by atoms with E-state index in [-0.39, 0.29) is 44.8 Å². The van der Waals surface area contributed by atoms with Crippen LogP contribution in [0, 0.1) is 5.41 Å². The van der Waals surface area contributed by atoms with Crippen LogP contribution in [0.3, 0.4) is 0 Å². The van der Waals surface area contributed by atoms with Gasteiger partial charge in [-0.25, -0.2) is 4.79 Å². The van der Waals surface area contributed by atoms with Crippen molar-refractivity contribution in [3.05, 3.63) is 35.9 Å². The van der Waals surface area contributed by atoms with Crippen LogP contribution in [0.15, 0.2) is 30.3 Å². The summed E-state index contributed by atoms with van der Waals surface area (Å²) < 4.78 is 10.9. The molecule has 0 bridgehead atoms. The van der Waals surface area contributed by atoms with E-state index < -0.39 is 41.0 Å². The molecule has 9 nitrogen and oxygen atoms in total. The maximum absolute atomic E-state index is 13.7. The minimum Gasteiger partial charge on any atom is -0.391 e. The molecule has 1 saturated heterocycles. The molecule has 0 aromatic heterocycles. The Kier molecular flexibility index (Phi) is 10.4. The maximum Gasteiger partial charge on any atom is 0.334 e. The van der Waals surface area contributed by atoms with Crippen molar-refractivity contribution in [1.82, 2.24) is 9.80 Å². The molecule has 0 radical (unpaired) electrons. The van der Waals surface area contributed by atoms with Crippen LogP contribution in [0.4, 0.5) is 4.79 Å². The van der Waals surface area contributed by atoms with E-state index in [0.717, 1.165) is 9.80 Å². The zero-order chi connectivity index (χ0) is 28.0. The van der Waals surface area contributed by atoms with Crippen molar-refractivity contribution < 1.29 is 34.1 Å². The Morgan fingerprint density at radius 3 is 1.89 bits per heavy atom. The van der Waals surface area contributed by atoms with Crippen molar-refractivity contribution in [2.24, 2.45) is 5.41 Å². The summed E-state index contributed by atoms with van der Waals surface area (Å²) in [4.78, 5) is 42.9. The molecule has 3 unspecified atom stereocenters. The molecule has 37 heavy (non-hydrogen) atoms. The molecular formula is C28H44N2O7. The van der Waals surface area contributed by atoms with Crippen LogP contribution in [-0.2, 0) is 24.5 Å². The number of nitrogens with zero attached hydrogens (tertiary/aromatic N) is 2. The Hall–Kier alpha value is -2.33. The number of aliphatic hydroxyl groups is 2. The standard InChI is InChI=1S/C28H44N2O7/c1-8-28(20-12-10-9-11-13-20)23(33)29(25(35)30(24(28)34)27(5,6)7)17-22(32)19-37-15-14-36-18-21(31)16-26(2,3)4/h9-13,21-22,31-32H,8,14-19H2,1-7H3. The molecule has 4 amide bonds. The van der Waals surface area contributed by atoms with Crippen LogP contribution in [0.1, 0.15) is 66.9 Å². The zero-order valence-electron chi connectivity index (χ0n) is 23.3. The quantitative estimate of drug-likeness (QED) is 0.321. The molecule has 1 heterocycles. The first-order chi connectivity index (χ1) is 17.1. The highest BCUT2D eigenvalue weighted by molar-refractivity contribution is 6.23. The lowest BCUT2D eigenvalue weighted by molar-refractivity contribution is -0.156. The number of β-amino-alcohol motifs (C(OH)–C–C–N with tert-alkyl or cyclic N) is 1. The van der Waals surface area contributed by atoms with Gasteiger partial charge in [0.15, 0.2) is 5.41 Å². The minimum atomic E-state index is -1.56. The normalized spacial score (nSPS) is 20.9. The summed E-state index contributed by atoms with van der Waals surface area (Å²) in [7, 11) is 0. The summed E-state index contributed by atoms with van der Waals surface area (Å²) in [6.07, 6.45) is -0.949. The van der Waals surface area contributed by atoms with Gasteiger partial charge < -0.3 is 19.7 Å². The van der Waals surface area contributed by atoms with Gasteiger partial charge >= 0.3 is 6.03 Å². The molecule has 208 valence electrons. The Bertz CT molecular complexity index is 923. The average Bonchev–Trinajstić information content (AvgIpc) is 2.78. The lowest BCUT2D eigenvalue weighted by atomic mass is 9.73. The van der Waals surface area contributed by atoms with Gasteiger partial charge in [-0.15, -0.1) is 0 Å². The second-order valence-corrected chi connectivity index (χ2v) is 11.9. The Morgan fingerprint density at radius 1 is 0.865 bits per heavy atom. The fourth-order valence-corrected chi connectivity index (χ4v) is 4.62. The molecule has 1 aliphatic rings. The molecule has 9 heteroatoms. The van der Waals surface area contributed by atoms with Gasteiger partial charge in [-0.1, -0.05) is 58.0 Å². The highest BCUT2D eigenvalue weighted by Gasteiger charge is 2.59. The highest BCUT2D eigenvalue weighted by Crippen LogP contribution is 2.39. The molecule has 2 rings (SSSR count). The minimum absolute atomic E-state index is 0.00420. The highest BCUT2D eigenvalue weighted by atomic mass is 16.5. The van der Waals surface area contributed by atoms with Crippen molar-refractivity contribution in [3.63, 3.8) is 0 Å². The van der Waals surface area contributed by atoms with Crippen molar-refractivity contribution in [2.45, 2.75) is 84.5 Å². The van der Waals surface area contributed by atoms with Crippen molar-refractivity contribution in [3.8, 4) is 0 Å². The monoisotopic (exact) mass is 520 g/mol.